The van der Waals surface area contributed by atoms with Gasteiger partial charge in [-0.2, -0.15) is 0 Å². The molecule has 0 N–H and O–H groups in total. The molecule has 6 nitrogen and oxygen atoms in total. The van der Waals surface area contributed by atoms with Crippen molar-refractivity contribution < 1.29 is 19.1 Å². The minimum absolute atomic E-state index is 0.0187. The van der Waals surface area contributed by atoms with Gasteiger partial charge in [0, 0.05) is 32.9 Å². The SMILES string of the molecule is CC(=O)N1CC2(OC13CCN(C(=O)OC(C)(C)C)CC3)c1ccccc1C=Cc1ccccc12. The maximum Gasteiger partial charge on any atom is 0.410 e. The van der Waals surface area contributed by atoms with Gasteiger partial charge in [0.1, 0.15) is 16.9 Å². The molecule has 2 aromatic rings. The molecular formula is C28H32N2O4. The molecule has 0 unspecified atom stereocenters. The van der Waals surface area contributed by atoms with Gasteiger partial charge in [-0.1, -0.05) is 60.7 Å². The summed E-state index contributed by atoms with van der Waals surface area (Å²) in [4.78, 5) is 29.3. The number of ether oxygens (including phenoxy) is 2. The van der Waals surface area contributed by atoms with E-state index in [0.717, 1.165) is 22.3 Å². The van der Waals surface area contributed by atoms with E-state index in [1.807, 2.05) is 49.9 Å². The molecule has 2 aliphatic heterocycles. The third kappa shape index (κ3) is 3.70. The number of carbonyl (C=O) groups excluding carboxylic acids is 2. The van der Waals surface area contributed by atoms with Crippen molar-refractivity contribution in [2.75, 3.05) is 19.6 Å². The molecule has 0 saturated carbocycles. The van der Waals surface area contributed by atoms with E-state index >= 15 is 0 Å². The molecule has 2 saturated heterocycles. The van der Waals surface area contributed by atoms with Crippen molar-refractivity contribution in [1.82, 2.24) is 9.80 Å². The zero-order valence-corrected chi connectivity index (χ0v) is 20.3. The molecule has 178 valence electrons. The van der Waals surface area contributed by atoms with Crippen molar-refractivity contribution in [2.45, 2.75) is 57.5 Å². The van der Waals surface area contributed by atoms with Crippen LogP contribution in [0.5, 0.6) is 0 Å². The fraction of sp³-hybridized carbons (Fsp3) is 0.429. The van der Waals surface area contributed by atoms with Crippen LogP contribution in [0.15, 0.2) is 48.5 Å². The van der Waals surface area contributed by atoms with Crippen molar-refractivity contribution in [3.63, 3.8) is 0 Å². The Morgan fingerprint density at radius 1 is 0.912 bits per heavy atom. The lowest BCUT2D eigenvalue weighted by atomic mass is 9.83. The van der Waals surface area contributed by atoms with Crippen molar-refractivity contribution in [1.29, 1.82) is 0 Å². The average Bonchev–Trinajstić information content (AvgIpc) is 3.06. The summed E-state index contributed by atoms with van der Waals surface area (Å²) in [5.74, 6) is -0.0187. The Morgan fingerprint density at radius 2 is 1.44 bits per heavy atom. The van der Waals surface area contributed by atoms with Gasteiger partial charge >= 0.3 is 6.09 Å². The van der Waals surface area contributed by atoms with Gasteiger partial charge in [0.2, 0.25) is 5.91 Å². The highest BCUT2D eigenvalue weighted by atomic mass is 16.6. The van der Waals surface area contributed by atoms with Gasteiger partial charge in [-0.15, -0.1) is 0 Å². The van der Waals surface area contributed by atoms with E-state index in [1.54, 1.807) is 11.8 Å². The standard InChI is InChI=1S/C28H32N2O4/c1-20(31)30-19-28(34-27(30)15-17-29(18-16-27)25(32)33-26(2,3)4)23-11-7-5-9-21(23)13-14-22-10-6-8-12-24(22)28/h5-14H,15-19H2,1-4H3. The maximum atomic E-state index is 13.0. The topological polar surface area (TPSA) is 59.1 Å². The summed E-state index contributed by atoms with van der Waals surface area (Å²) in [5, 5.41) is 0. The van der Waals surface area contributed by atoms with Crippen LogP contribution < -0.4 is 0 Å². The van der Waals surface area contributed by atoms with E-state index in [9.17, 15) is 9.59 Å². The quantitative estimate of drug-likeness (QED) is 0.554. The van der Waals surface area contributed by atoms with Crippen LogP contribution in [0.1, 0.15) is 62.8 Å². The van der Waals surface area contributed by atoms with Gasteiger partial charge in [0.05, 0.1) is 6.54 Å². The number of hydrogen-bond acceptors (Lipinski definition) is 4. The fourth-order valence-corrected chi connectivity index (χ4v) is 5.54. The van der Waals surface area contributed by atoms with Crippen LogP contribution in [0.3, 0.4) is 0 Å². The van der Waals surface area contributed by atoms with Gasteiger partial charge in [0.15, 0.2) is 0 Å². The van der Waals surface area contributed by atoms with Gasteiger partial charge < -0.3 is 19.3 Å². The van der Waals surface area contributed by atoms with E-state index in [1.165, 1.54) is 0 Å². The third-order valence-electron chi connectivity index (χ3n) is 7.05. The first-order valence-corrected chi connectivity index (χ1v) is 12.0. The maximum absolute atomic E-state index is 13.0. The molecule has 2 amide bonds. The van der Waals surface area contributed by atoms with Gasteiger partial charge in [-0.05, 0) is 43.0 Å². The van der Waals surface area contributed by atoms with E-state index in [-0.39, 0.29) is 12.0 Å². The van der Waals surface area contributed by atoms with Gasteiger partial charge in [0.25, 0.3) is 0 Å². The highest BCUT2D eigenvalue weighted by molar-refractivity contribution is 5.79. The first-order chi connectivity index (χ1) is 16.1. The molecule has 2 heterocycles. The number of amides is 2. The number of rotatable bonds is 0. The molecular weight excluding hydrogens is 428 g/mol. The summed E-state index contributed by atoms with van der Waals surface area (Å²) in [6.45, 7) is 8.58. The highest BCUT2D eigenvalue weighted by Gasteiger charge is 2.59. The first kappa shape index (κ1) is 22.7. The Hall–Kier alpha value is -3.12. The molecule has 34 heavy (non-hydrogen) atoms. The molecule has 0 atom stereocenters. The lowest BCUT2D eigenvalue weighted by Crippen LogP contribution is -2.55. The molecule has 0 bridgehead atoms. The van der Waals surface area contributed by atoms with E-state index in [2.05, 4.69) is 36.4 Å². The number of fused-ring (bicyclic) bond motifs is 4. The number of hydrogen-bond donors (Lipinski definition) is 0. The average molecular weight is 461 g/mol. The third-order valence-corrected chi connectivity index (χ3v) is 7.05. The van der Waals surface area contributed by atoms with Crippen LogP contribution in [0.4, 0.5) is 4.79 Å². The van der Waals surface area contributed by atoms with Crippen molar-refractivity contribution in [3.8, 4) is 0 Å². The Balaban J connectivity index is 1.54. The van der Waals surface area contributed by atoms with Crippen molar-refractivity contribution >= 4 is 24.2 Å². The van der Waals surface area contributed by atoms with E-state index in [4.69, 9.17) is 9.47 Å². The number of piperidine rings is 1. The summed E-state index contributed by atoms with van der Waals surface area (Å²) in [6, 6.07) is 16.5. The second-order valence-electron chi connectivity index (χ2n) is 10.5. The molecule has 5 rings (SSSR count). The van der Waals surface area contributed by atoms with E-state index < -0.39 is 16.9 Å². The molecule has 0 aromatic heterocycles. The van der Waals surface area contributed by atoms with Crippen LogP contribution in [-0.2, 0) is 19.9 Å². The highest BCUT2D eigenvalue weighted by Crippen LogP contribution is 2.52. The largest absolute Gasteiger partial charge is 0.444 e. The second kappa shape index (κ2) is 7.98. The molecule has 2 fully saturated rings. The summed E-state index contributed by atoms with van der Waals surface area (Å²) in [7, 11) is 0. The predicted octanol–water partition coefficient (Wildman–Crippen LogP) is 5.02. The van der Waals surface area contributed by atoms with Crippen LogP contribution in [0.2, 0.25) is 0 Å². The molecule has 3 aliphatic rings. The second-order valence-corrected chi connectivity index (χ2v) is 10.5. The monoisotopic (exact) mass is 460 g/mol. The zero-order valence-electron chi connectivity index (χ0n) is 20.3. The Labute approximate surface area is 201 Å². The lowest BCUT2D eigenvalue weighted by Gasteiger charge is -2.44. The number of nitrogens with zero attached hydrogens (tertiary/aromatic N) is 2. The van der Waals surface area contributed by atoms with Crippen LogP contribution in [0, 0.1) is 0 Å². The number of benzene rings is 2. The Kier molecular flexibility index (Phi) is 5.32. The molecule has 2 aromatic carbocycles. The van der Waals surface area contributed by atoms with Crippen molar-refractivity contribution in [3.05, 3.63) is 70.8 Å². The number of carbonyl (C=O) groups is 2. The zero-order chi connectivity index (χ0) is 24.1. The first-order valence-electron chi connectivity index (χ1n) is 12.0. The smallest absolute Gasteiger partial charge is 0.410 e. The molecule has 0 radical (unpaired) electrons. The molecule has 2 spiro atoms. The predicted molar refractivity (Wildman–Crippen MR) is 131 cm³/mol. The van der Waals surface area contributed by atoms with Gasteiger partial charge in [-0.3, -0.25) is 4.79 Å². The Morgan fingerprint density at radius 3 is 1.94 bits per heavy atom. The minimum atomic E-state index is -0.783. The summed E-state index contributed by atoms with van der Waals surface area (Å²) in [6.07, 6.45) is 5.00. The van der Waals surface area contributed by atoms with Crippen molar-refractivity contribution in [2.24, 2.45) is 0 Å². The minimum Gasteiger partial charge on any atom is -0.444 e. The normalized spacial score (nSPS) is 20.1. The van der Waals surface area contributed by atoms with Crippen LogP contribution in [0.25, 0.3) is 12.2 Å². The summed E-state index contributed by atoms with van der Waals surface area (Å²) >= 11 is 0. The lowest BCUT2D eigenvalue weighted by molar-refractivity contribution is -0.170. The number of likely N-dealkylation sites (tertiary alicyclic amines) is 1. The molecule has 1 aliphatic carbocycles. The Bertz CT molecular complexity index is 1110. The van der Waals surface area contributed by atoms with Crippen LogP contribution in [-0.4, -0.2) is 52.8 Å². The molecule has 6 heteroatoms. The summed E-state index contributed by atoms with van der Waals surface area (Å²) in [5.41, 5.74) is 2.19. The fourth-order valence-electron chi connectivity index (χ4n) is 5.54. The summed E-state index contributed by atoms with van der Waals surface area (Å²) < 4.78 is 12.7. The van der Waals surface area contributed by atoms with Crippen LogP contribution >= 0.6 is 0 Å². The van der Waals surface area contributed by atoms with E-state index in [0.29, 0.717) is 32.5 Å². The van der Waals surface area contributed by atoms with Gasteiger partial charge in [-0.25, -0.2) is 4.79 Å².